The Bertz CT molecular complexity index is 1580. The van der Waals surface area contributed by atoms with Crippen molar-refractivity contribution in [2.24, 2.45) is 0 Å². The maximum atomic E-state index is 12.6. The highest BCUT2D eigenvalue weighted by Crippen LogP contribution is 2.33. The summed E-state index contributed by atoms with van der Waals surface area (Å²) in [6.45, 7) is 11.2. The van der Waals surface area contributed by atoms with E-state index >= 15 is 0 Å². The van der Waals surface area contributed by atoms with Crippen molar-refractivity contribution in [3.05, 3.63) is 71.5 Å². The van der Waals surface area contributed by atoms with Crippen molar-refractivity contribution in [3.8, 4) is 11.6 Å². The lowest BCUT2D eigenvalue weighted by Gasteiger charge is -2.40. The largest absolute Gasteiger partial charge is 0.481 e. The third-order valence-corrected chi connectivity index (χ3v) is 8.03. The number of nitrogens with zero attached hydrogens (tertiary/aromatic N) is 6. The van der Waals surface area contributed by atoms with Crippen molar-refractivity contribution in [3.63, 3.8) is 0 Å². The van der Waals surface area contributed by atoms with Crippen molar-refractivity contribution in [1.82, 2.24) is 24.6 Å². The number of likely N-dealkylation sites (tertiary alicyclic amines) is 1. The van der Waals surface area contributed by atoms with E-state index < -0.39 is 5.60 Å². The highest BCUT2D eigenvalue weighted by molar-refractivity contribution is 5.78. The minimum Gasteiger partial charge on any atom is -0.481 e. The Hall–Kier alpha value is -4.18. The highest BCUT2D eigenvalue weighted by atomic mass is 16.6. The summed E-state index contributed by atoms with van der Waals surface area (Å²) < 4.78 is 19.1. The molecular weight excluding hydrogens is 544 g/mol. The molecule has 0 atom stereocenters. The number of piperidine rings is 1. The molecule has 10 heteroatoms. The number of fused-ring (bicyclic) bond motifs is 1. The van der Waals surface area contributed by atoms with Crippen LogP contribution in [0, 0.1) is 6.92 Å². The van der Waals surface area contributed by atoms with Crippen LogP contribution < -0.4 is 9.64 Å². The van der Waals surface area contributed by atoms with Gasteiger partial charge in [-0.1, -0.05) is 30.3 Å². The molecule has 0 N–H and O–H groups in total. The molecule has 1 aromatic carbocycles. The molecule has 226 valence electrons. The van der Waals surface area contributed by atoms with E-state index in [0.29, 0.717) is 25.6 Å². The van der Waals surface area contributed by atoms with Crippen molar-refractivity contribution in [2.75, 3.05) is 38.2 Å². The van der Waals surface area contributed by atoms with Crippen LogP contribution in [-0.4, -0.2) is 75.7 Å². The molecule has 0 spiro atoms. The maximum Gasteiger partial charge on any atom is 0.410 e. The molecule has 6 rings (SSSR count). The zero-order valence-electron chi connectivity index (χ0n) is 25.6. The minimum atomic E-state index is -0.501. The van der Waals surface area contributed by atoms with Crippen LogP contribution in [0.5, 0.6) is 5.88 Å². The standard InChI is InChI=1S/C33H40N6O4/c1-22-15-25-18-34-39(31(25)36-30(22)24-11-13-37(14-12-24)32(40)43-33(2,3)4)26-16-28(35-29(17-26)41-5)38-19-27(20-38)42-21-23-9-7-6-8-10-23/h6-10,15-18,24,27H,11-14,19-21H2,1-5H3. The molecule has 2 aliphatic rings. The summed E-state index contributed by atoms with van der Waals surface area (Å²) in [6.07, 6.45) is 3.43. The predicted octanol–water partition coefficient (Wildman–Crippen LogP) is 5.65. The summed E-state index contributed by atoms with van der Waals surface area (Å²) in [5.74, 6) is 1.59. The van der Waals surface area contributed by atoms with Gasteiger partial charge in [0.25, 0.3) is 0 Å². The van der Waals surface area contributed by atoms with Gasteiger partial charge < -0.3 is 24.0 Å². The van der Waals surface area contributed by atoms with Gasteiger partial charge in [-0.25, -0.2) is 14.5 Å². The quantitative estimate of drug-likeness (QED) is 0.275. The van der Waals surface area contributed by atoms with Gasteiger partial charge in [0.15, 0.2) is 5.65 Å². The van der Waals surface area contributed by atoms with Crippen molar-refractivity contribution < 1.29 is 19.0 Å². The van der Waals surface area contributed by atoms with Gasteiger partial charge in [-0.05, 0) is 57.7 Å². The van der Waals surface area contributed by atoms with Gasteiger partial charge in [0, 0.05) is 55.3 Å². The van der Waals surface area contributed by atoms with Crippen LogP contribution in [0.1, 0.15) is 56.4 Å². The van der Waals surface area contributed by atoms with E-state index in [0.717, 1.165) is 59.7 Å². The fraction of sp³-hybridized carbons (Fsp3) is 0.455. The summed E-state index contributed by atoms with van der Waals surface area (Å²) in [5, 5.41) is 5.69. The summed E-state index contributed by atoms with van der Waals surface area (Å²) in [5.41, 5.74) is 4.50. The Morgan fingerprint density at radius 2 is 1.77 bits per heavy atom. The van der Waals surface area contributed by atoms with Crippen LogP contribution in [0.25, 0.3) is 16.7 Å². The molecule has 2 aliphatic heterocycles. The number of anilines is 1. The van der Waals surface area contributed by atoms with Gasteiger partial charge in [-0.15, -0.1) is 0 Å². The van der Waals surface area contributed by atoms with E-state index in [1.54, 1.807) is 12.0 Å². The number of rotatable bonds is 7. The summed E-state index contributed by atoms with van der Waals surface area (Å²) in [4.78, 5) is 26.4. The van der Waals surface area contributed by atoms with Crippen LogP contribution in [-0.2, 0) is 16.1 Å². The molecule has 2 saturated heterocycles. The molecule has 0 saturated carbocycles. The molecule has 43 heavy (non-hydrogen) atoms. The lowest BCUT2D eigenvalue weighted by Crippen LogP contribution is -2.52. The molecule has 10 nitrogen and oxygen atoms in total. The third-order valence-electron chi connectivity index (χ3n) is 8.03. The number of pyridine rings is 2. The van der Waals surface area contributed by atoms with Gasteiger partial charge in [0.05, 0.1) is 31.7 Å². The van der Waals surface area contributed by atoms with Gasteiger partial charge in [-0.3, -0.25) is 0 Å². The number of aryl methyl sites for hydroxylation is 1. The average Bonchev–Trinajstić information content (AvgIpc) is 3.38. The predicted molar refractivity (Wildman–Crippen MR) is 165 cm³/mol. The molecule has 0 bridgehead atoms. The maximum absolute atomic E-state index is 12.6. The number of carbonyl (C=O) groups is 1. The van der Waals surface area contributed by atoms with E-state index in [1.165, 1.54) is 5.56 Å². The molecule has 0 unspecified atom stereocenters. The monoisotopic (exact) mass is 584 g/mol. The Labute approximate surface area is 252 Å². The Kier molecular flexibility index (Phi) is 7.96. The second-order valence-electron chi connectivity index (χ2n) is 12.5. The van der Waals surface area contributed by atoms with Gasteiger partial charge in [0.2, 0.25) is 5.88 Å². The molecular formula is C33H40N6O4. The normalized spacial score (nSPS) is 16.4. The lowest BCUT2D eigenvalue weighted by molar-refractivity contribution is 0.0203. The molecule has 5 heterocycles. The topological polar surface area (TPSA) is 94.8 Å². The minimum absolute atomic E-state index is 0.149. The van der Waals surface area contributed by atoms with Crippen LogP contribution in [0.15, 0.2) is 54.7 Å². The Balaban J connectivity index is 1.18. The number of carbonyl (C=O) groups excluding carboxylic acids is 1. The van der Waals surface area contributed by atoms with Gasteiger partial charge >= 0.3 is 6.09 Å². The van der Waals surface area contributed by atoms with Crippen molar-refractivity contribution in [1.29, 1.82) is 0 Å². The van der Waals surface area contributed by atoms with Crippen LogP contribution in [0.3, 0.4) is 0 Å². The molecule has 4 aromatic rings. The van der Waals surface area contributed by atoms with E-state index in [4.69, 9.17) is 29.3 Å². The number of hydrogen-bond acceptors (Lipinski definition) is 8. The molecule has 2 fully saturated rings. The average molecular weight is 585 g/mol. The number of amides is 1. The van der Waals surface area contributed by atoms with E-state index in [9.17, 15) is 4.79 Å². The first-order chi connectivity index (χ1) is 20.7. The zero-order chi connectivity index (χ0) is 30.1. The van der Waals surface area contributed by atoms with Crippen molar-refractivity contribution in [2.45, 2.75) is 64.8 Å². The number of ether oxygens (including phenoxy) is 3. The molecule has 0 radical (unpaired) electrons. The number of benzene rings is 1. The first-order valence-corrected chi connectivity index (χ1v) is 15.0. The lowest BCUT2D eigenvalue weighted by atomic mass is 9.90. The SMILES string of the molecule is COc1cc(-n2ncc3cc(C)c(C4CCN(C(=O)OC(C)(C)C)CC4)nc32)cc(N2CC(OCc3ccccc3)C2)n1. The highest BCUT2D eigenvalue weighted by Gasteiger charge is 2.31. The smallest absolute Gasteiger partial charge is 0.410 e. The van der Waals surface area contributed by atoms with E-state index in [-0.39, 0.29) is 18.1 Å². The fourth-order valence-corrected chi connectivity index (χ4v) is 5.73. The summed E-state index contributed by atoms with van der Waals surface area (Å²) in [6, 6.07) is 16.3. The van der Waals surface area contributed by atoms with E-state index in [1.807, 2.05) is 62.0 Å². The van der Waals surface area contributed by atoms with E-state index in [2.05, 4.69) is 30.0 Å². The third kappa shape index (κ3) is 6.44. The second kappa shape index (κ2) is 11.8. The number of aromatic nitrogens is 4. The first kappa shape index (κ1) is 28.9. The summed E-state index contributed by atoms with van der Waals surface area (Å²) >= 11 is 0. The second-order valence-corrected chi connectivity index (χ2v) is 12.5. The van der Waals surface area contributed by atoms with Crippen molar-refractivity contribution >= 4 is 22.9 Å². The number of methoxy groups -OCH3 is 1. The zero-order valence-corrected chi connectivity index (χ0v) is 25.6. The van der Waals surface area contributed by atoms with Gasteiger partial charge in [0.1, 0.15) is 11.4 Å². The first-order valence-electron chi connectivity index (χ1n) is 15.0. The fourth-order valence-electron chi connectivity index (χ4n) is 5.73. The Morgan fingerprint density at radius 3 is 2.47 bits per heavy atom. The number of hydrogen-bond donors (Lipinski definition) is 0. The van der Waals surface area contributed by atoms with Gasteiger partial charge in [-0.2, -0.15) is 10.1 Å². The molecule has 0 aliphatic carbocycles. The van der Waals surface area contributed by atoms with Crippen LogP contribution in [0.2, 0.25) is 0 Å². The van der Waals surface area contributed by atoms with Crippen LogP contribution >= 0.6 is 0 Å². The summed E-state index contributed by atoms with van der Waals surface area (Å²) in [7, 11) is 1.63. The molecule has 3 aromatic heterocycles. The van der Waals surface area contributed by atoms with Crippen LogP contribution in [0.4, 0.5) is 10.6 Å². The molecule has 1 amide bonds. The Morgan fingerprint density at radius 1 is 1.02 bits per heavy atom.